The molecular weight excluding hydrogens is 389 g/mol. The normalized spacial score (nSPS) is 14.8. The van der Waals surface area contributed by atoms with Gasteiger partial charge in [0.15, 0.2) is 0 Å². The van der Waals surface area contributed by atoms with Crippen molar-refractivity contribution in [2.75, 3.05) is 26.7 Å². The number of nitrogens with zero attached hydrogens (tertiary/aromatic N) is 2. The number of halogens is 1. The first-order chi connectivity index (χ1) is 13.2. The lowest BCUT2D eigenvalue weighted by Crippen LogP contribution is -2.33. The number of carbonyl (C=O) groups is 3. The zero-order valence-corrected chi connectivity index (χ0v) is 16.5. The van der Waals surface area contributed by atoms with Gasteiger partial charge < -0.3 is 5.32 Å². The Balaban J connectivity index is 1.66. The van der Waals surface area contributed by atoms with Gasteiger partial charge in [0.2, 0.25) is 27.7 Å². The largest absolute Gasteiger partial charge is 0.356 e. The van der Waals surface area contributed by atoms with E-state index in [-0.39, 0.29) is 55.0 Å². The van der Waals surface area contributed by atoms with Crippen LogP contribution < -0.4 is 5.32 Å². The Morgan fingerprint density at radius 2 is 1.75 bits per heavy atom. The SMILES string of the molecule is CN(CCCC(=O)NCCCN1C(=O)CCC1=O)S(=O)(=O)c1ccc(F)cc1. The second kappa shape index (κ2) is 9.74. The molecule has 1 fully saturated rings. The molecule has 1 aromatic rings. The molecule has 28 heavy (non-hydrogen) atoms. The van der Waals surface area contributed by atoms with Gasteiger partial charge in [-0.2, -0.15) is 0 Å². The van der Waals surface area contributed by atoms with Crippen molar-refractivity contribution in [1.82, 2.24) is 14.5 Å². The fraction of sp³-hybridized carbons (Fsp3) is 0.500. The number of imide groups is 1. The third-order valence-corrected chi connectivity index (χ3v) is 6.31. The van der Waals surface area contributed by atoms with Gasteiger partial charge in [0, 0.05) is 45.9 Å². The van der Waals surface area contributed by atoms with E-state index < -0.39 is 15.8 Å². The molecule has 3 amide bonds. The van der Waals surface area contributed by atoms with Gasteiger partial charge in [0.25, 0.3) is 0 Å². The quantitative estimate of drug-likeness (QED) is 0.453. The summed E-state index contributed by atoms with van der Waals surface area (Å²) in [7, 11) is -2.33. The Morgan fingerprint density at radius 1 is 1.14 bits per heavy atom. The third-order valence-electron chi connectivity index (χ3n) is 4.43. The number of hydrogen-bond donors (Lipinski definition) is 1. The summed E-state index contributed by atoms with van der Waals surface area (Å²) in [5.74, 6) is -1.10. The highest BCUT2D eigenvalue weighted by Crippen LogP contribution is 2.15. The zero-order valence-electron chi connectivity index (χ0n) is 15.7. The Morgan fingerprint density at radius 3 is 2.36 bits per heavy atom. The molecule has 1 heterocycles. The van der Waals surface area contributed by atoms with E-state index in [2.05, 4.69) is 5.32 Å². The summed E-state index contributed by atoms with van der Waals surface area (Å²) in [5.41, 5.74) is 0. The van der Waals surface area contributed by atoms with Crippen LogP contribution in [0.2, 0.25) is 0 Å². The summed E-state index contributed by atoms with van der Waals surface area (Å²) < 4.78 is 38.8. The summed E-state index contributed by atoms with van der Waals surface area (Å²) >= 11 is 0. The van der Waals surface area contributed by atoms with Gasteiger partial charge in [-0.3, -0.25) is 19.3 Å². The highest BCUT2D eigenvalue weighted by atomic mass is 32.2. The molecule has 1 aliphatic rings. The Bertz CT molecular complexity index is 810. The molecule has 8 nitrogen and oxygen atoms in total. The van der Waals surface area contributed by atoms with Gasteiger partial charge in [-0.1, -0.05) is 0 Å². The van der Waals surface area contributed by atoms with Crippen molar-refractivity contribution in [3.05, 3.63) is 30.1 Å². The van der Waals surface area contributed by atoms with Crippen molar-refractivity contribution >= 4 is 27.7 Å². The molecule has 10 heteroatoms. The first-order valence-corrected chi connectivity index (χ1v) is 10.5. The van der Waals surface area contributed by atoms with Crippen molar-refractivity contribution in [2.24, 2.45) is 0 Å². The minimum absolute atomic E-state index is 0.00754. The Labute approximate surface area is 163 Å². The number of hydrogen-bond acceptors (Lipinski definition) is 5. The van der Waals surface area contributed by atoms with Gasteiger partial charge in [-0.25, -0.2) is 17.1 Å². The van der Waals surface area contributed by atoms with Gasteiger partial charge in [0.1, 0.15) is 5.82 Å². The highest BCUT2D eigenvalue weighted by Gasteiger charge is 2.28. The van der Waals surface area contributed by atoms with E-state index in [0.29, 0.717) is 19.4 Å². The van der Waals surface area contributed by atoms with E-state index in [1.165, 1.54) is 24.1 Å². The minimum atomic E-state index is -3.73. The maximum absolute atomic E-state index is 12.9. The van der Waals surface area contributed by atoms with Crippen LogP contribution in [0.3, 0.4) is 0 Å². The van der Waals surface area contributed by atoms with Crippen molar-refractivity contribution in [2.45, 2.75) is 37.0 Å². The van der Waals surface area contributed by atoms with Crippen molar-refractivity contribution in [1.29, 1.82) is 0 Å². The van der Waals surface area contributed by atoms with E-state index in [1.807, 2.05) is 0 Å². The molecule has 0 bridgehead atoms. The monoisotopic (exact) mass is 413 g/mol. The van der Waals surface area contributed by atoms with Gasteiger partial charge >= 0.3 is 0 Å². The van der Waals surface area contributed by atoms with E-state index >= 15 is 0 Å². The van der Waals surface area contributed by atoms with E-state index in [9.17, 15) is 27.2 Å². The predicted molar refractivity (Wildman–Crippen MR) is 99.0 cm³/mol. The predicted octanol–water partition coefficient (Wildman–Crippen LogP) is 0.882. The molecule has 0 atom stereocenters. The smallest absolute Gasteiger partial charge is 0.242 e. The lowest BCUT2D eigenvalue weighted by Gasteiger charge is -2.17. The molecule has 1 aromatic carbocycles. The average molecular weight is 413 g/mol. The number of rotatable bonds is 10. The molecule has 0 aliphatic carbocycles. The van der Waals surface area contributed by atoms with E-state index in [4.69, 9.17) is 0 Å². The first-order valence-electron chi connectivity index (χ1n) is 9.03. The van der Waals surface area contributed by atoms with Crippen LogP contribution in [0.4, 0.5) is 4.39 Å². The fourth-order valence-electron chi connectivity index (χ4n) is 2.79. The molecule has 0 saturated carbocycles. The molecule has 0 spiro atoms. The number of sulfonamides is 1. The summed E-state index contributed by atoms with van der Waals surface area (Å²) in [4.78, 5) is 36.0. The van der Waals surface area contributed by atoms with Crippen LogP contribution in [-0.2, 0) is 24.4 Å². The number of carbonyl (C=O) groups excluding carboxylic acids is 3. The van der Waals surface area contributed by atoms with Crippen LogP contribution in [0.5, 0.6) is 0 Å². The number of nitrogens with one attached hydrogen (secondary N) is 1. The van der Waals surface area contributed by atoms with Crippen molar-refractivity contribution < 1.29 is 27.2 Å². The number of amides is 3. The Hall–Kier alpha value is -2.33. The number of benzene rings is 1. The summed E-state index contributed by atoms with van der Waals surface area (Å²) in [6.45, 7) is 0.764. The lowest BCUT2D eigenvalue weighted by molar-refractivity contribution is -0.138. The summed E-state index contributed by atoms with van der Waals surface area (Å²) in [6.07, 6.45) is 1.44. The van der Waals surface area contributed by atoms with Crippen LogP contribution >= 0.6 is 0 Å². The fourth-order valence-corrected chi connectivity index (χ4v) is 4.00. The lowest BCUT2D eigenvalue weighted by atomic mass is 10.3. The average Bonchev–Trinajstić information content (AvgIpc) is 2.97. The maximum atomic E-state index is 12.9. The Kier molecular flexibility index (Phi) is 7.64. The minimum Gasteiger partial charge on any atom is -0.356 e. The standard InChI is InChI=1S/C18H24FN3O5S/c1-21(28(26,27)15-7-5-14(19)6-8-15)12-2-4-16(23)20-11-3-13-22-17(24)9-10-18(22)25/h5-8H,2-4,9-13H2,1H3,(H,20,23). The molecule has 1 saturated heterocycles. The molecule has 2 rings (SSSR count). The summed E-state index contributed by atoms with van der Waals surface area (Å²) in [6, 6.07) is 4.56. The van der Waals surface area contributed by atoms with E-state index in [0.717, 1.165) is 16.4 Å². The zero-order chi connectivity index (χ0) is 20.7. The van der Waals surface area contributed by atoms with Crippen molar-refractivity contribution in [3.8, 4) is 0 Å². The van der Waals surface area contributed by atoms with E-state index in [1.54, 1.807) is 0 Å². The van der Waals surface area contributed by atoms with Crippen LogP contribution in [0, 0.1) is 5.82 Å². The molecule has 0 unspecified atom stereocenters. The van der Waals surface area contributed by atoms with Crippen LogP contribution in [-0.4, -0.2) is 62.0 Å². The topological polar surface area (TPSA) is 104 Å². The van der Waals surface area contributed by atoms with Crippen LogP contribution in [0.15, 0.2) is 29.2 Å². The molecular formula is C18H24FN3O5S. The maximum Gasteiger partial charge on any atom is 0.242 e. The van der Waals surface area contributed by atoms with Crippen molar-refractivity contribution in [3.63, 3.8) is 0 Å². The van der Waals surface area contributed by atoms with Gasteiger partial charge in [-0.05, 0) is 37.1 Å². The molecule has 0 radical (unpaired) electrons. The highest BCUT2D eigenvalue weighted by molar-refractivity contribution is 7.89. The summed E-state index contributed by atoms with van der Waals surface area (Å²) in [5, 5.41) is 2.69. The number of likely N-dealkylation sites (tertiary alicyclic amines) is 1. The molecule has 1 N–H and O–H groups in total. The second-order valence-corrected chi connectivity index (χ2v) is 8.57. The molecule has 154 valence electrons. The third kappa shape index (κ3) is 5.83. The second-order valence-electron chi connectivity index (χ2n) is 6.53. The van der Waals surface area contributed by atoms with Gasteiger partial charge in [-0.15, -0.1) is 0 Å². The van der Waals surface area contributed by atoms with Crippen LogP contribution in [0.1, 0.15) is 32.1 Å². The van der Waals surface area contributed by atoms with Crippen LogP contribution in [0.25, 0.3) is 0 Å². The molecule has 0 aromatic heterocycles. The molecule has 1 aliphatic heterocycles. The van der Waals surface area contributed by atoms with Gasteiger partial charge in [0.05, 0.1) is 4.90 Å². The first kappa shape index (κ1) is 22.0.